The Morgan fingerprint density at radius 1 is 1.14 bits per heavy atom. The van der Waals surface area contributed by atoms with E-state index in [4.69, 9.17) is 5.73 Å². The van der Waals surface area contributed by atoms with E-state index in [1.54, 1.807) is 18.3 Å². The van der Waals surface area contributed by atoms with Gasteiger partial charge in [-0.15, -0.1) is 11.3 Å². The van der Waals surface area contributed by atoms with Crippen LogP contribution >= 0.6 is 23.1 Å². The Hall–Kier alpha value is -1.09. The van der Waals surface area contributed by atoms with Gasteiger partial charge in [-0.1, -0.05) is 23.9 Å². The molecule has 4 aromatic rings. The number of hydrogen-bond donors (Lipinski definition) is 1. The number of fused-ring (bicyclic) bond motifs is 2. The predicted molar refractivity (Wildman–Crippen MR) is 83.5 cm³/mol. The van der Waals surface area contributed by atoms with Crippen LogP contribution in [0.5, 0.6) is 0 Å². The first-order valence-electron chi connectivity index (χ1n) is 6.17. The zero-order valence-corrected chi connectivity index (χ0v) is 16.0. The van der Waals surface area contributed by atoms with Crippen molar-refractivity contribution in [3.63, 3.8) is 0 Å². The van der Waals surface area contributed by atoms with Crippen LogP contribution in [0.15, 0.2) is 33.8 Å². The Morgan fingerprint density at radius 3 is 2.77 bits per heavy atom. The smallest absolute Gasteiger partial charge is 0.156 e. The molecule has 0 amide bonds. The Morgan fingerprint density at radius 2 is 1.95 bits per heavy atom. The van der Waals surface area contributed by atoms with Gasteiger partial charge in [0.05, 0.1) is 21.2 Å². The third-order valence-corrected chi connectivity index (χ3v) is 4.83. The molecule has 0 spiro atoms. The number of anilines is 1. The van der Waals surface area contributed by atoms with E-state index in [0.29, 0.717) is 28.0 Å². The molecule has 0 saturated heterocycles. The second-order valence-electron chi connectivity index (χ2n) is 4.38. The van der Waals surface area contributed by atoms with Crippen molar-refractivity contribution in [2.75, 3.05) is 5.73 Å². The third kappa shape index (κ3) is 2.88. The van der Waals surface area contributed by atoms with Crippen LogP contribution in [0, 0.1) is 6.92 Å². The zero-order valence-electron chi connectivity index (χ0n) is 11.5. The van der Waals surface area contributed by atoms with Gasteiger partial charge in [0, 0.05) is 43.9 Å². The number of thiazole rings is 1. The van der Waals surface area contributed by atoms with Gasteiger partial charge < -0.3 is 20.7 Å². The molecule has 0 aliphatic heterocycles. The van der Waals surface area contributed by atoms with E-state index in [2.05, 4.69) is 24.9 Å². The average molecular weight is 402 g/mol. The molecule has 0 aliphatic rings. The maximum absolute atomic E-state index is 5.85. The number of hydrogen-bond acceptors (Lipinski definition) is 7. The molecule has 0 saturated carbocycles. The number of benzene rings is 1. The number of rotatable bonds is 2. The van der Waals surface area contributed by atoms with E-state index >= 15 is 0 Å². The van der Waals surface area contributed by atoms with E-state index in [1.807, 2.05) is 24.3 Å². The van der Waals surface area contributed by atoms with Crippen LogP contribution in [0.2, 0.25) is 0 Å². The predicted octanol–water partition coefficient (Wildman–Crippen LogP) is 2.63. The fourth-order valence-electron chi connectivity index (χ4n) is 1.99. The number of imidazole rings is 1. The molecule has 3 heterocycles. The summed E-state index contributed by atoms with van der Waals surface area (Å²) in [5.41, 5.74) is 7.91. The summed E-state index contributed by atoms with van der Waals surface area (Å²) in [6, 6.07) is 8.02. The summed E-state index contributed by atoms with van der Waals surface area (Å²) in [5, 5.41) is 0.593. The van der Waals surface area contributed by atoms with Gasteiger partial charge in [-0.25, -0.2) is 9.97 Å². The number of aromatic nitrogens is 5. The van der Waals surface area contributed by atoms with E-state index in [1.165, 1.54) is 11.8 Å². The summed E-state index contributed by atoms with van der Waals surface area (Å²) in [6.45, 7) is 1.78. The summed E-state index contributed by atoms with van der Waals surface area (Å²) in [5.74, 6) is 0.956. The van der Waals surface area contributed by atoms with Crippen LogP contribution < -0.4 is 10.7 Å². The minimum atomic E-state index is 0. The molecule has 3 aromatic heterocycles. The Balaban J connectivity index is 0.00000144. The third-order valence-electron chi connectivity index (χ3n) is 2.87. The van der Waals surface area contributed by atoms with E-state index in [-0.39, 0.29) is 32.7 Å². The van der Waals surface area contributed by atoms with Gasteiger partial charge >= 0.3 is 0 Å². The van der Waals surface area contributed by atoms with Crippen molar-refractivity contribution in [1.82, 2.24) is 24.9 Å². The van der Waals surface area contributed by atoms with Gasteiger partial charge in [-0.2, -0.15) is 0 Å². The van der Waals surface area contributed by atoms with Crippen molar-refractivity contribution < 1.29 is 32.7 Å². The van der Waals surface area contributed by atoms with E-state index in [0.717, 1.165) is 14.6 Å². The number of nitrogen functional groups attached to an aromatic ring is 1. The minimum absolute atomic E-state index is 0. The van der Waals surface area contributed by atoms with Gasteiger partial charge in [-0.3, -0.25) is 0 Å². The van der Waals surface area contributed by atoms with Crippen LogP contribution in [0.1, 0.15) is 5.82 Å². The van der Waals surface area contributed by atoms with Crippen LogP contribution in [-0.2, 0) is 32.7 Å². The van der Waals surface area contributed by atoms with E-state index < -0.39 is 0 Å². The molecule has 0 fully saturated rings. The molecular weight excluding hydrogens is 393 g/mol. The second-order valence-corrected chi connectivity index (χ2v) is 6.63. The molecule has 0 unspecified atom stereocenters. The SMILES string of the molecule is Cc1nc(N)c2nc(Sc3nc4ccccc4s3)[n-]c2n1.[Y]. The molecule has 0 atom stereocenters. The molecule has 1 radical (unpaired) electrons. The quantitative estimate of drug-likeness (QED) is 0.551. The Labute approximate surface area is 159 Å². The van der Waals surface area contributed by atoms with Gasteiger partial charge in [0.1, 0.15) is 5.82 Å². The average Bonchev–Trinajstić information content (AvgIpc) is 3.01. The molecule has 107 valence electrons. The number of aryl methyl sites for hydroxylation is 1. The summed E-state index contributed by atoms with van der Waals surface area (Å²) < 4.78 is 2.04. The molecule has 9 heteroatoms. The first kappa shape index (κ1) is 15.8. The van der Waals surface area contributed by atoms with Crippen molar-refractivity contribution in [2.24, 2.45) is 0 Å². The number of nitrogens with two attached hydrogens (primary N) is 1. The normalized spacial score (nSPS) is 11.0. The number of para-hydroxylation sites is 1. The van der Waals surface area contributed by atoms with Crippen molar-refractivity contribution in [3.8, 4) is 0 Å². The number of nitrogens with zero attached hydrogens (tertiary/aromatic N) is 5. The van der Waals surface area contributed by atoms with Crippen molar-refractivity contribution in [1.29, 1.82) is 0 Å². The summed E-state index contributed by atoms with van der Waals surface area (Å²) in [6.07, 6.45) is 0. The molecule has 0 bridgehead atoms. The van der Waals surface area contributed by atoms with Crippen molar-refractivity contribution in [2.45, 2.75) is 16.4 Å². The van der Waals surface area contributed by atoms with Gasteiger partial charge in [0.15, 0.2) is 4.34 Å². The Bertz CT molecular complexity index is 931. The first-order chi connectivity index (χ1) is 10.2. The van der Waals surface area contributed by atoms with Gasteiger partial charge in [0.2, 0.25) is 0 Å². The van der Waals surface area contributed by atoms with Gasteiger partial charge in [0.25, 0.3) is 0 Å². The van der Waals surface area contributed by atoms with Crippen LogP contribution in [-0.4, -0.2) is 19.9 Å². The molecular formula is C13H9N6S2Y-. The maximum atomic E-state index is 5.85. The largest absolute Gasteiger partial charge is 0.383 e. The molecule has 4 rings (SSSR count). The second kappa shape index (κ2) is 6.19. The monoisotopic (exact) mass is 402 g/mol. The maximum Gasteiger partial charge on any atom is 0.156 e. The van der Waals surface area contributed by atoms with Crippen LogP contribution in [0.4, 0.5) is 5.82 Å². The summed E-state index contributed by atoms with van der Waals surface area (Å²) in [7, 11) is 0. The van der Waals surface area contributed by atoms with E-state index in [9.17, 15) is 0 Å². The van der Waals surface area contributed by atoms with Crippen molar-refractivity contribution >= 4 is 50.3 Å². The van der Waals surface area contributed by atoms with Crippen LogP contribution in [0.25, 0.3) is 21.4 Å². The van der Waals surface area contributed by atoms with Crippen molar-refractivity contribution in [3.05, 3.63) is 30.1 Å². The zero-order chi connectivity index (χ0) is 14.4. The first-order valence-corrected chi connectivity index (χ1v) is 7.80. The standard InChI is InChI=1S/C13H9N6S2.Y/c1-6-15-10(14)9-11(16-6)19-12(18-9)21-13-17-7-4-2-3-5-8(7)20-13;/h2-5H,1H3,(H2-,14,15,16,18,19);/q-1;. The summed E-state index contributed by atoms with van der Waals surface area (Å²) >= 11 is 3.03. The molecule has 1 aromatic carbocycles. The fourth-order valence-corrected chi connectivity index (χ4v) is 3.91. The minimum Gasteiger partial charge on any atom is -0.383 e. The molecule has 6 nitrogen and oxygen atoms in total. The molecule has 22 heavy (non-hydrogen) atoms. The molecule has 2 N–H and O–H groups in total. The molecule has 0 aliphatic carbocycles. The van der Waals surface area contributed by atoms with Gasteiger partial charge in [-0.05, 0) is 19.1 Å². The fraction of sp³-hybridized carbons (Fsp3) is 0.0769. The topological polar surface area (TPSA) is 91.7 Å². The summed E-state index contributed by atoms with van der Waals surface area (Å²) in [4.78, 5) is 21.7. The Kier molecular flexibility index (Phi) is 4.45. The van der Waals surface area contributed by atoms with Crippen LogP contribution in [0.3, 0.4) is 0 Å².